The number of rotatable bonds is 3. The first kappa shape index (κ1) is 13.9. The van der Waals surface area contributed by atoms with Crippen LogP contribution < -0.4 is 10.9 Å². The van der Waals surface area contributed by atoms with Gasteiger partial charge in [-0.1, -0.05) is 42.3 Å². The molecule has 0 saturated carbocycles. The molecule has 0 saturated heterocycles. The van der Waals surface area contributed by atoms with E-state index in [1.165, 1.54) is 6.07 Å². The number of carbonyl (C=O) groups is 1. The molecule has 0 bridgehead atoms. The van der Waals surface area contributed by atoms with Gasteiger partial charge in [-0.25, -0.2) is 4.79 Å². The molecule has 1 amide bonds. The van der Waals surface area contributed by atoms with Gasteiger partial charge in [-0.15, -0.1) is 6.42 Å². The molecule has 4 heteroatoms. The second-order valence-electron chi connectivity index (χ2n) is 4.91. The van der Waals surface area contributed by atoms with Gasteiger partial charge in [-0.05, 0) is 10.9 Å². The van der Waals surface area contributed by atoms with E-state index in [1.807, 2.05) is 36.4 Å². The Morgan fingerprint density at radius 3 is 2.82 bits per heavy atom. The first-order chi connectivity index (χ1) is 10.7. The largest absolute Gasteiger partial charge is 0.422 e. The van der Waals surface area contributed by atoms with E-state index in [0.717, 1.165) is 16.2 Å². The van der Waals surface area contributed by atoms with Crippen LogP contribution in [-0.2, 0) is 11.2 Å². The average Bonchev–Trinajstić information content (AvgIpc) is 2.52. The summed E-state index contributed by atoms with van der Waals surface area (Å²) in [6, 6.07) is 12.8. The average molecular weight is 291 g/mol. The Bertz CT molecular complexity index is 963. The number of terminal acetylenes is 1. The molecule has 0 atom stereocenters. The van der Waals surface area contributed by atoms with Crippen molar-refractivity contribution in [3.63, 3.8) is 0 Å². The third kappa shape index (κ3) is 2.57. The Morgan fingerprint density at radius 2 is 2.00 bits per heavy atom. The first-order valence-corrected chi connectivity index (χ1v) is 6.83. The van der Waals surface area contributed by atoms with E-state index in [4.69, 9.17) is 10.8 Å². The Morgan fingerprint density at radius 1 is 1.18 bits per heavy atom. The smallest absolute Gasteiger partial charge is 0.336 e. The van der Waals surface area contributed by atoms with Gasteiger partial charge in [0.1, 0.15) is 5.58 Å². The molecule has 0 radical (unpaired) electrons. The van der Waals surface area contributed by atoms with Crippen LogP contribution in [0.5, 0.6) is 0 Å². The van der Waals surface area contributed by atoms with Gasteiger partial charge in [-0.3, -0.25) is 4.79 Å². The van der Waals surface area contributed by atoms with Gasteiger partial charge in [0.15, 0.2) is 0 Å². The molecule has 1 N–H and O–H groups in total. The molecule has 3 rings (SSSR count). The molecule has 22 heavy (non-hydrogen) atoms. The molecule has 1 aromatic heterocycles. The molecule has 4 nitrogen and oxygen atoms in total. The zero-order valence-corrected chi connectivity index (χ0v) is 11.8. The molecule has 2 aromatic carbocycles. The monoisotopic (exact) mass is 291 g/mol. The van der Waals surface area contributed by atoms with Gasteiger partial charge < -0.3 is 9.73 Å². The first-order valence-electron chi connectivity index (χ1n) is 6.83. The minimum atomic E-state index is -0.469. The van der Waals surface area contributed by atoms with Crippen LogP contribution in [0.4, 0.5) is 0 Å². The predicted octanol–water partition coefficient (Wildman–Crippen LogP) is 2.24. The van der Waals surface area contributed by atoms with E-state index < -0.39 is 5.63 Å². The molecule has 108 valence electrons. The van der Waals surface area contributed by atoms with E-state index in [-0.39, 0.29) is 18.9 Å². The summed E-state index contributed by atoms with van der Waals surface area (Å²) in [4.78, 5) is 23.7. The van der Waals surface area contributed by atoms with Crippen molar-refractivity contribution in [2.24, 2.45) is 0 Å². The molecule has 3 aromatic rings. The zero-order valence-electron chi connectivity index (χ0n) is 11.8. The predicted molar refractivity (Wildman–Crippen MR) is 85.5 cm³/mol. The third-order valence-electron chi connectivity index (χ3n) is 3.46. The highest BCUT2D eigenvalue weighted by Gasteiger charge is 2.11. The van der Waals surface area contributed by atoms with Crippen LogP contribution in [0.3, 0.4) is 0 Å². The Labute approximate surface area is 126 Å². The van der Waals surface area contributed by atoms with Gasteiger partial charge in [0, 0.05) is 16.8 Å². The van der Waals surface area contributed by atoms with E-state index in [1.54, 1.807) is 0 Å². The number of hydrogen-bond acceptors (Lipinski definition) is 3. The lowest BCUT2D eigenvalue weighted by Crippen LogP contribution is -2.25. The molecule has 0 aliphatic rings. The maximum Gasteiger partial charge on any atom is 0.336 e. The maximum absolute atomic E-state index is 11.9. The lowest BCUT2D eigenvalue weighted by atomic mass is 10.0. The molecular weight excluding hydrogens is 278 g/mol. The fourth-order valence-electron chi connectivity index (χ4n) is 2.49. The van der Waals surface area contributed by atoms with Gasteiger partial charge >= 0.3 is 5.63 Å². The van der Waals surface area contributed by atoms with Crippen LogP contribution in [0.2, 0.25) is 0 Å². The second-order valence-corrected chi connectivity index (χ2v) is 4.91. The normalized spacial score (nSPS) is 10.5. The molecule has 0 fully saturated rings. The van der Waals surface area contributed by atoms with Crippen molar-refractivity contribution < 1.29 is 9.21 Å². The van der Waals surface area contributed by atoms with Gasteiger partial charge in [0.25, 0.3) is 0 Å². The second kappa shape index (κ2) is 5.74. The van der Waals surface area contributed by atoms with E-state index in [0.29, 0.717) is 11.1 Å². The molecule has 0 unspecified atom stereocenters. The standard InChI is InChI=1S/C18H13NO3/c1-2-9-19-16(20)10-13-11-17(21)22-18-14-6-4-3-5-12(14)7-8-15(13)18/h1,3-8,11H,9-10H2,(H,19,20). The highest BCUT2D eigenvalue weighted by Crippen LogP contribution is 2.26. The molecular formula is C18H13NO3. The number of fused-ring (bicyclic) bond motifs is 3. The summed E-state index contributed by atoms with van der Waals surface area (Å²) in [5, 5.41) is 5.18. The quantitative estimate of drug-likeness (QED) is 0.457. The van der Waals surface area contributed by atoms with Gasteiger partial charge in [0.05, 0.1) is 13.0 Å². The van der Waals surface area contributed by atoms with Crippen molar-refractivity contribution in [3.05, 3.63) is 58.4 Å². The summed E-state index contributed by atoms with van der Waals surface area (Å²) >= 11 is 0. The van der Waals surface area contributed by atoms with E-state index >= 15 is 0 Å². The van der Waals surface area contributed by atoms with Crippen LogP contribution >= 0.6 is 0 Å². The van der Waals surface area contributed by atoms with Crippen LogP contribution in [0.25, 0.3) is 21.7 Å². The van der Waals surface area contributed by atoms with Crippen molar-refractivity contribution in [2.75, 3.05) is 6.54 Å². The molecule has 0 spiro atoms. The summed E-state index contributed by atoms with van der Waals surface area (Å²) in [5.41, 5.74) is 0.667. The highest BCUT2D eigenvalue weighted by atomic mass is 16.4. The molecule has 0 aliphatic heterocycles. The topological polar surface area (TPSA) is 59.3 Å². The zero-order chi connectivity index (χ0) is 15.5. The van der Waals surface area contributed by atoms with E-state index in [9.17, 15) is 9.59 Å². The number of hydrogen-bond donors (Lipinski definition) is 1. The number of nitrogens with one attached hydrogen (secondary N) is 1. The summed E-state index contributed by atoms with van der Waals surface area (Å²) in [6.07, 6.45) is 5.20. The summed E-state index contributed by atoms with van der Waals surface area (Å²) in [6.45, 7) is 0.168. The van der Waals surface area contributed by atoms with Crippen molar-refractivity contribution in [3.8, 4) is 12.3 Å². The summed E-state index contributed by atoms with van der Waals surface area (Å²) in [7, 11) is 0. The fourth-order valence-corrected chi connectivity index (χ4v) is 2.49. The molecule has 1 heterocycles. The van der Waals surface area contributed by atoms with Crippen molar-refractivity contribution in [1.82, 2.24) is 5.32 Å². The highest BCUT2D eigenvalue weighted by molar-refractivity contribution is 6.05. The SMILES string of the molecule is C#CCNC(=O)Cc1cc(=O)oc2c1ccc1ccccc12. The Kier molecular flexibility index (Phi) is 3.63. The van der Waals surface area contributed by atoms with Gasteiger partial charge in [0.2, 0.25) is 5.91 Å². The number of benzene rings is 2. The minimum absolute atomic E-state index is 0.0854. The maximum atomic E-state index is 11.9. The molecule has 0 aliphatic carbocycles. The lowest BCUT2D eigenvalue weighted by Gasteiger charge is -2.07. The van der Waals surface area contributed by atoms with Crippen molar-refractivity contribution >= 4 is 27.6 Å². The lowest BCUT2D eigenvalue weighted by molar-refractivity contribution is -0.120. The Balaban J connectivity index is 2.15. The van der Waals surface area contributed by atoms with Crippen molar-refractivity contribution in [1.29, 1.82) is 0 Å². The van der Waals surface area contributed by atoms with Gasteiger partial charge in [-0.2, -0.15) is 0 Å². The fraction of sp³-hybridized carbons (Fsp3) is 0.111. The van der Waals surface area contributed by atoms with Crippen LogP contribution in [0.1, 0.15) is 5.56 Å². The van der Waals surface area contributed by atoms with Crippen LogP contribution in [-0.4, -0.2) is 12.5 Å². The minimum Gasteiger partial charge on any atom is -0.422 e. The third-order valence-corrected chi connectivity index (χ3v) is 3.46. The number of carbonyl (C=O) groups excluding carboxylic acids is 1. The summed E-state index contributed by atoms with van der Waals surface area (Å²) in [5.74, 6) is 2.12. The van der Waals surface area contributed by atoms with Crippen LogP contribution in [0.15, 0.2) is 51.7 Å². The van der Waals surface area contributed by atoms with Crippen LogP contribution in [0, 0.1) is 12.3 Å². The van der Waals surface area contributed by atoms with Crippen molar-refractivity contribution in [2.45, 2.75) is 6.42 Å². The summed E-state index contributed by atoms with van der Waals surface area (Å²) < 4.78 is 5.36. The van der Waals surface area contributed by atoms with E-state index in [2.05, 4.69) is 11.2 Å². The number of amides is 1. The Hall–Kier alpha value is -3.06.